The molecule has 1 aromatic heterocycles. The molecule has 0 fully saturated rings. The average molecular weight is 373 g/mol. The molecular weight excluding hydrogens is 354 g/mol. The Morgan fingerprint density at radius 3 is 2.50 bits per heavy atom. The maximum atomic E-state index is 12.4. The molecule has 0 saturated heterocycles. The van der Waals surface area contributed by atoms with Gasteiger partial charge in [-0.15, -0.1) is 10.2 Å². The first-order valence-electron chi connectivity index (χ1n) is 8.10. The van der Waals surface area contributed by atoms with Crippen molar-refractivity contribution in [1.29, 1.82) is 0 Å². The van der Waals surface area contributed by atoms with Crippen LogP contribution in [0.5, 0.6) is 5.75 Å². The first-order valence-corrected chi connectivity index (χ1v) is 9.59. The number of hydrogen-bond donors (Lipinski definition) is 1. The third kappa shape index (κ3) is 4.09. The van der Waals surface area contributed by atoms with E-state index in [1.54, 1.807) is 12.1 Å². The Hall–Kier alpha value is -2.71. The van der Waals surface area contributed by atoms with Crippen LogP contribution in [-0.4, -0.2) is 25.2 Å². The highest BCUT2D eigenvalue weighted by atomic mass is 32.2. The summed E-state index contributed by atoms with van der Waals surface area (Å²) in [4.78, 5) is 0.139. The normalized spacial score (nSPS) is 11.5. The summed E-state index contributed by atoms with van der Waals surface area (Å²) in [6.07, 6.45) is 0. The fraction of sp³-hybridized carbons (Fsp3) is 0.222. The van der Waals surface area contributed by atoms with E-state index in [0.717, 1.165) is 11.1 Å². The molecule has 2 aromatic carbocycles. The Morgan fingerprint density at radius 2 is 1.81 bits per heavy atom. The van der Waals surface area contributed by atoms with Gasteiger partial charge in [0.05, 0.1) is 18.0 Å². The molecule has 3 rings (SSSR count). The maximum absolute atomic E-state index is 12.4. The number of nitrogens with zero attached hydrogens (tertiary/aromatic N) is 2. The molecule has 1 N–H and O–H groups in total. The topological polar surface area (TPSA) is 94.3 Å². The van der Waals surface area contributed by atoms with Gasteiger partial charge in [0.15, 0.2) is 0 Å². The number of sulfonamides is 1. The van der Waals surface area contributed by atoms with Gasteiger partial charge in [-0.1, -0.05) is 18.2 Å². The molecular formula is C18H19N3O4S. The van der Waals surface area contributed by atoms with Crippen molar-refractivity contribution in [2.75, 3.05) is 6.61 Å². The summed E-state index contributed by atoms with van der Waals surface area (Å²) in [7, 11) is -3.69. The van der Waals surface area contributed by atoms with Gasteiger partial charge in [-0.05, 0) is 49.7 Å². The van der Waals surface area contributed by atoms with Gasteiger partial charge in [0.25, 0.3) is 0 Å². The number of aromatic nitrogens is 2. The van der Waals surface area contributed by atoms with Gasteiger partial charge < -0.3 is 9.15 Å². The van der Waals surface area contributed by atoms with Crippen LogP contribution in [0.1, 0.15) is 18.4 Å². The van der Waals surface area contributed by atoms with Gasteiger partial charge in [-0.25, -0.2) is 13.1 Å². The lowest BCUT2D eigenvalue weighted by Crippen LogP contribution is -2.23. The minimum atomic E-state index is -3.69. The Morgan fingerprint density at radius 1 is 1.08 bits per heavy atom. The summed E-state index contributed by atoms with van der Waals surface area (Å²) in [6, 6.07) is 13.8. The molecule has 3 aromatic rings. The van der Waals surface area contributed by atoms with E-state index in [4.69, 9.17) is 9.15 Å². The summed E-state index contributed by atoms with van der Waals surface area (Å²) in [5, 5.41) is 7.89. The first kappa shape index (κ1) is 18.1. The van der Waals surface area contributed by atoms with Crippen LogP contribution in [0.15, 0.2) is 57.8 Å². The predicted octanol–water partition coefficient (Wildman–Crippen LogP) is 2.92. The Bertz CT molecular complexity index is 982. The number of aryl methyl sites for hydroxylation is 1. The Balaban J connectivity index is 1.69. The summed E-state index contributed by atoms with van der Waals surface area (Å²) in [5.41, 5.74) is 1.82. The molecule has 0 unspecified atom stereocenters. The highest BCUT2D eigenvalue weighted by molar-refractivity contribution is 7.89. The van der Waals surface area contributed by atoms with E-state index in [-0.39, 0.29) is 17.3 Å². The molecule has 1 heterocycles. The van der Waals surface area contributed by atoms with Crippen LogP contribution in [0.4, 0.5) is 0 Å². The van der Waals surface area contributed by atoms with Gasteiger partial charge in [-0.2, -0.15) is 0 Å². The molecule has 0 saturated carbocycles. The van der Waals surface area contributed by atoms with Crippen LogP contribution in [0.3, 0.4) is 0 Å². The number of rotatable bonds is 7. The first-order chi connectivity index (χ1) is 12.5. The van der Waals surface area contributed by atoms with Gasteiger partial charge in [0.2, 0.25) is 21.8 Å². The number of hydrogen-bond acceptors (Lipinski definition) is 6. The summed E-state index contributed by atoms with van der Waals surface area (Å²) >= 11 is 0. The fourth-order valence-electron chi connectivity index (χ4n) is 2.37. The molecule has 26 heavy (non-hydrogen) atoms. The van der Waals surface area contributed by atoms with Crippen molar-refractivity contribution in [3.8, 4) is 17.2 Å². The van der Waals surface area contributed by atoms with E-state index in [1.165, 1.54) is 12.1 Å². The molecule has 0 aliphatic heterocycles. The van der Waals surface area contributed by atoms with Crippen LogP contribution in [0.2, 0.25) is 0 Å². The lowest BCUT2D eigenvalue weighted by Gasteiger charge is -2.06. The van der Waals surface area contributed by atoms with Crippen molar-refractivity contribution in [3.05, 3.63) is 60.0 Å². The zero-order valence-electron chi connectivity index (χ0n) is 14.5. The number of ether oxygens (including phenoxy) is 1. The van der Waals surface area contributed by atoms with E-state index in [2.05, 4.69) is 14.9 Å². The zero-order chi connectivity index (χ0) is 18.6. The van der Waals surface area contributed by atoms with E-state index >= 15 is 0 Å². The molecule has 0 amide bonds. The van der Waals surface area contributed by atoms with Crippen LogP contribution < -0.4 is 9.46 Å². The van der Waals surface area contributed by atoms with Crippen molar-refractivity contribution in [2.45, 2.75) is 25.3 Å². The van der Waals surface area contributed by atoms with Crippen LogP contribution in [0.25, 0.3) is 11.5 Å². The smallest absolute Gasteiger partial charge is 0.248 e. The molecule has 0 aliphatic rings. The standard InChI is InChI=1S/C18H19N3O4S/c1-3-24-14-8-10-15(11-9-14)26(22,23)19-12-17-20-21-18(25-17)16-7-5-4-6-13(16)2/h4-11,19H,3,12H2,1-2H3. The predicted molar refractivity (Wildman–Crippen MR) is 96.1 cm³/mol. The van der Waals surface area contributed by atoms with E-state index < -0.39 is 10.0 Å². The molecule has 0 aliphatic carbocycles. The lowest BCUT2D eigenvalue weighted by atomic mass is 10.1. The summed E-state index contributed by atoms with van der Waals surface area (Å²) < 4.78 is 38.1. The van der Waals surface area contributed by atoms with E-state index in [9.17, 15) is 8.42 Å². The van der Waals surface area contributed by atoms with E-state index in [0.29, 0.717) is 18.2 Å². The van der Waals surface area contributed by atoms with Gasteiger partial charge in [0, 0.05) is 5.56 Å². The van der Waals surface area contributed by atoms with Gasteiger partial charge >= 0.3 is 0 Å². The highest BCUT2D eigenvalue weighted by Crippen LogP contribution is 2.22. The second-order valence-electron chi connectivity index (χ2n) is 5.54. The summed E-state index contributed by atoms with van der Waals surface area (Å²) in [5.74, 6) is 1.17. The third-order valence-electron chi connectivity index (χ3n) is 3.70. The quantitative estimate of drug-likeness (QED) is 0.684. The average Bonchev–Trinajstić information content (AvgIpc) is 3.10. The molecule has 0 bridgehead atoms. The van der Waals surface area contributed by atoms with Gasteiger partial charge in [-0.3, -0.25) is 0 Å². The number of nitrogens with one attached hydrogen (secondary N) is 1. The molecule has 7 nitrogen and oxygen atoms in total. The van der Waals surface area contributed by atoms with Gasteiger partial charge in [0.1, 0.15) is 5.75 Å². The Kier molecular flexibility index (Phi) is 5.34. The lowest BCUT2D eigenvalue weighted by molar-refractivity contribution is 0.340. The van der Waals surface area contributed by atoms with Crippen molar-refractivity contribution < 1.29 is 17.6 Å². The minimum absolute atomic E-state index is 0.0889. The molecule has 0 atom stereocenters. The number of benzene rings is 2. The highest BCUT2D eigenvalue weighted by Gasteiger charge is 2.16. The maximum Gasteiger partial charge on any atom is 0.248 e. The van der Waals surface area contributed by atoms with Crippen LogP contribution >= 0.6 is 0 Å². The van der Waals surface area contributed by atoms with Crippen LogP contribution in [-0.2, 0) is 16.6 Å². The minimum Gasteiger partial charge on any atom is -0.494 e. The van der Waals surface area contributed by atoms with Crippen LogP contribution in [0, 0.1) is 6.92 Å². The largest absolute Gasteiger partial charge is 0.494 e. The van der Waals surface area contributed by atoms with Crippen molar-refractivity contribution in [2.24, 2.45) is 0 Å². The van der Waals surface area contributed by atoms with Crippen molar-refractivity contribution in [1.82, 2.24) is 14.9 Å². The van der Waals surface area contributed by atoms with Crippen molar-refractivity contribution in [3.63, 3.8) is 0 Å². The molecule has 136 valence electrons. The molecule has 0 spiro atoms. The second kappa shape index (κ2) is 7.67. The zero-order valence-corrected chi connectivity index (χ0v) is 15.3. The van der Waals surface area contributed by atoms with Crippen molar-refractivity contribution >= 4 is 10.0 Å². The second-order valence-corrected chi connectivity index (χ2v) is 7.31. The monoisotopic (exact) mass is 373 g/mol. The molecule has 8 heteroatoms. The Labute approximate surface area is 152 Å². The fourth-order valence-corrected chi connectivity index (χ4v) is 3.34. The molecule has 0 radical (unpaired) electrons. The SMILES string of the molecule is CCOc1ccc(S(=O)(=O)NCc2nnc(-c3ccccc3C)o2)cc1. The van der Waals surface area contributed by atoms with E-state index in [1.807, 2.05) is 38.1 Å². The summed E-state index contributed by atoms with van der Waals surface area (Å²) in [6.45, 7) is 4.23. The third-order valence-corrected chi connectivity index (χ3v) is 5.12.